The van der Waals surface area contributed by atoms with Gasteiger partial charge in [0.25, 0.3) is 0 Å². The van der Waals surface area contributed by atoms with Gasteiger partial charge in [-0.05, 0) is 31.9 Å². The second-order valence-electron chi connectivity index (χ2n) is 3.88. The van der Waals surface area contributed by atoms with Crippen LogP contribution in [0, 0.1) is 0 Å². The fourth-order valence-electron chi connectivity index (χ4n) is 1.70. The van der Waals surface area contributed by atoms with Crippen LogP contribution < -0.4 is 4.74 Å². The van der Waals surface area contributed by atoms with Gasteiger partial charge in [0.15, 0.2) is 6.29 Å². The van der Waals surface area contributed by atoms with E-state index in [-0.39, 0.29) is 12.4 Å². The minimum Gasteiger partial charge on any atom is -0.465 e. The van der Waals surface area contributed by atoms with Crippen LogP contribution in [0.15, 0.2) is 24.3 Å². The molecule has 1 aromatic carbocycles. The molecular formula is C12H16O2. The second kappa shape index (κ2) is 4.01. The van der Waals surface area contributed by atoms with Crippen LogP contribution in [0.25, 0.3) is 0 Å². The van der Waals surface area contributed by atoms with Gasteiger partial charge in [0.1, 0.15) is 5.75 Å². The molecule has 0 spiro atoms. The maximum Gasteiger partial charge on any atom is 0.200 e. The third-order valence-electron chi connectivity index (χ3n) is 2.30. The van der Waals surface area contributed by atoms with Crippen molar-refractivity contribution in [1.82, 2.24) is 0 Å². The van der Waals surface area contributed by atoms with E-state index in [0.717, 1.165) is 18.6 Å². The highest BCUT2D eigenvalue weighted by Gasteiger charge is 2.20. The summed E-state index contributed by atoms with van der Waals surface area (Å²) in [7, 11) is 0. The molecule has 2 rings (SSSR count). The molecule has 0 saturated carbocycles. The smallest absolute Gasteiger partial charge is 0.200 e. The zero-order valence-electron chi connectivity index (χ0n) is 8.69. The Morgan fingerprint density at radius 2 is 2.14 bits per heavy atom. The SMILES string of the molecule is CC(C)OC1CCc2ccccc2O1. The van der Waals surface area contributed by atoms with Crippen LogP contribution in [-0.2, 0) is 11.2 Å². The summed E-state index contributed by atoms with van der Waals surface area (Å²) in [6.07, 6.45) is 2.16. The van der Waals surface area contributed by atoms with Crippen molar-refractivity contribution in [3.63, 3.8) is 0 Å². The Kier molecular flexibility index (Phi) is 2.73. The topological polar surface area (TPSA) is 18.5 Å². The molecule has 0 aliphatic carbocycles. The molecule has 2 heteroatoms. The Morgan fingerprint density at radius 1 is 1.36 bits per heavy atom. The van der Waals surface area contributed by atoms with E-state index in [2.05, 4.69) is 6.07 Å². The van der Waals surface area contributed by atoms with Gasteiger partial charge < -0.3 is 9.47 Å². The van der Waals surface area contributed by atoms with Gasteiger partial charge in [0.2, 0.25) is 0 Å². The molecule has 1 unspecified atom stereocenters. The first-order valence-electron chi connectivity index (χ1n) is 5.16. The molecule has 0 amide bonds. The normalized spacial score (nSPS) is 20.4. The maximum atomic E-state index is 5.72. The van der Waals surface area contributed by atoms with Gasteiger partial charge in [-0.2, -0.15) is 0 Å². The highest BCUT2D eigenvalue weighted by atomic mass is 16.7. The third-order valence-corrected chi connectivity index (χ3v) is 2.30. The number of hydrogen-bond acceptors (Lipinski definition) is 2. The lowest BCUT2D eigenvalue weighted by Gasteiger charge is -2.27. The number of para-hydroxylation sites is 1. The Bertz CT molecular complexity index is 307. The van der Waals surface area contributed by atoms with Gasteiger partial charge in [-0.1, -0.05) is 18.2 Å². The van der Waals surface area contributed by atoms with Crippen LogP contribution in [0.2, 0.25) is 0 Å². The predicted molar refractivity (Wildman–Crippen MR) is 55.4 cm³/mol. The lowest BCUT2D eigenvalue weighted by atomic mass is 10.1. The Hall–Kier alpha value is -1.02. The summed E-state index contributed by atoms with van der Waals surface area (Å²) in [4.78, 5) is 0. The fourth-order valence-corrected chi connectivity index (χ4v) is 1.70. The Labute approximate surface area is 84.8 Å². The summed E-state index contributed by atoms with van der Waals surface area (Å²) in [5, 5.41) is 0. The number of fused-ring (bicyclic) bond motifs is 1. The molecular weight excluding hydrogens is 176 g/mol. The predicted octanol–water partition coefficient (Wildman–Crippen LogP) is 2.76. The number of ether oxygens (including phenoxy) is 2. The first kappa shape index (κ1) is 9.53. The summed E-state index contributed by atoms with van der Waals surface area (Å²) in [5.74, 6) is 0.976. The van der Waals surface area contributed by atoms with Crippen molar-refractivity contribution in [2.45, 2.75) is 39.1 Å². The first-order chi connectivity index (χ1) is 6.75. The molecule has 1 aliphatic rings. The Morgan fingerprint density at radius 3 is 2.93 bits per heavy atom. The van der Waals surface area contributed by atoms with E-state index in [9.17, 15) is 0 Å². The molecule has 76 valence electrons. The molecule has 14 heavy (non-hydrogen) atoms. The molecule has 0 aromatic heterocycles. The largest absolute Gasteiger partial charge is 0.465 e. The number of benzene rings is 1. The van der Waals surface area contributed by atoms with Crippen LogP contribution in [0.4, 0.5) is 0 Å². The van der Waals surface area contributed by atoms with Gasteiger partial charge >= 0.3 is 0 Å². The van der Waals surface area contributed by atoms with Gasteiger partial charge in [-0.25, -0.2) is 0 Å². The first-order valence-corrected chi connectivity index (χ1v) is 5.16. The lowest BCUT2D eigenvalue weighted by molar-refractivity contribution is -0.117. The molecule has 1 aliphatic heterocycles. The minimum absolute atomic E-state index is 0.0649. The molecule has 0 radical (unpaired) electrons. The average molecular weight is 192 g/mol. The van der Waals surface area contributed by atoms with E-state index in [0.29, 0.717) is 0 Å². The quantitative estimate of drug-likeness (QED) is 0.717. The lowest BCUT2D eigenvalue weighted by Crippen LogP contribution is -2.28. The van der Waals surface area contributed by atoms with E-state index < -0.39 is 0 Å². The van der Waals surface area contributed by atoms with E-state index >= 15 is 0 Å². The molecule has 1 aromatic rings. The molecule has 1 heterocycles. The summed E-state index contributed by atoms with van der Waals surface area (Å²) in [6, 6.07) is 8.16. The van der Waals surface area contributed by atoms with Gasteiger partial charge in [-0.3, -0.25) is 0 Å². The van der Waals surface area contributed by atoms with Crippen molar-refractivity contribution >= 4 is 0 Å². The van der Waals surface area contributed by atoms with Crippen molar-refractivity contribution in [2.75, 3.05) is 0 Å². The standard InChI is InChI=1S/C12H16O2/c1-9(2)13-12-8-7-10-5-3-4-6-11(10)14-12/h3-6,9,12H,7-8H2,1-2H3. The highest BCUT2D eigenvalue weighted by Crippen LogP contribution is 2.27. The van der Waals surface area contributed by atoms with E-state index in [1.54, 1.807) is 0 Å². The number of rotatable bonds is 2. The van der Waals surface area contributed by atoms with Crippen molar-refractivity contribution in [3.8, 4) is 5.75 Å². The number of hydrogen-bond donors (Lipinski definition) is 0. The van der Waals surface area contributed by atoms with Gasteiger partial charge in [-0.15, -0.1) is 0 Å². The fraction of sp³-hybridized carbons (Fsp3) is 0.500. The monoisotopic (exact) mass is 192 g/mol. The highest BCUT2D eigenvalue weighted by molar-refractivity contribution is 5.34. The van der Waals surface area contributed by atoms with Crippen molar-refractivity contribution in [2.24, 2.45) is 0 Å². The van der Waals surface area contributed by atoms with Crippen LogP contribution in [-0.4, -0.2) is 12.4 Å². The molecule has 0 saturated heterocycles. The average Bonchev–Trinajstić information content (AvgIpc) is 2.17. The van der Waals surface area contributed by atoms with E-state index in [1.165, 1.54) is 5.56 Å². The summed E-state index contributed by atoms with van der Waals surface area (Å²) in [6.45, 7) is 4.06. The van der Waals surface area contributed by atoms with E-state index in [4.69, 9.17) is 9.47 Å². The van der Waals surface area contributed by atoms with Crippen LogP contribution in [0.5, 0.6) is 5.75 Å². The van der Waals surface area contributed by atoms with Gasteiger partial charge in [0.05, 0.1) is 6.10 Å². The third kappa shape index (κ3) is 2.07. The maximum absolute atomic E-state index is 5.72. The summed E-state index contributed by atoms with van der Waals surface area (Å²) >= 11 is 0. The molecule has 0 bridgehead atoms. The molecule has 0 N–H and O–H groups in total. The Balaban J connectivity index is 2.06. The molecule has 2 nitrogen and oxygen atoms in total. The summed E-state index contributed by atoms with van der Waals surface area (Å²) < 4.78 is 11.3. The van der Waals surface area contributed by atoms with Crippen LogP contribution in [0.1, 0.15) is 25.8 Å². The van der Waals surface area contributed by atoms with E-state index in [1.807, 2.05) is 32.0 Å². The van der Waals surface area contributed by atoms with Crippen LogP contribution >= 0.6 is 0 Å². The zero-order valence-corrected chi connectivity index (χ0v) is 8.69. The summed E-state index contributed by atoms with van der Waals surface area (Å²) in [5.41, 5.74) is 1.29. The van der Waals surface area contributed by atoms with Gasteiger partial charge in [0, 0.05) is 6.42 Å². The minimum atomic E-state index is -0.0649. The second-order valence-corrected chi connectivity index (χ2v) is 3.88. The van der Waals surface area contributed by atoms with Crippen molar-refractivity contribution in [3.05, 3.63) is 29.8 Å². The zero-order chi connectivity index (χ0) is 9.97. The van der Waals surface area contributed by atoms with Crippen molar-refractivity contribution in [1.29, 1.82) is 0 Å². The number of aryl methyl sites for hydroxylation is 1. The van der Waals surface area contributed by atoms with Crippen molar-refractivity contribution < 1.29 is 9.47 Å². The molecule has 1 atom stereocenters. The van der Waals surface area contributed by atoms with Crippen LogP contribution in [0.3, 0.4) is 0 Å². The molecule has 0 fully saturated rings.